The zero-order valence-corrected chi connectivity index (χ0v) is 12.5. The minimum absolute atomic E-state index is 0.00982. The summed E-state index contributed by atoms with van der Waals surface area (Å²) in [7, 11) is 1.58. The SMILES string of the molecule is COCCN1C(=O)CCC(C(=O)O)C1c1ccc(C)s1. The van der Waals surface area contributed by atoms with Crippen molar-refractivity contribution in [2.24, 2.45) is 5.92 Å². The van der Waals surface area contributed by atoms with Crippen molar-refractivity contribution in [3.63, 3.8) is 0 Å². The van der Waals surface area contributed by atoms with Gasteiger partial charge in [0, 0.05) is 29.8 Å². The number of carbonyl (C=O) groups excluding carboxylic acids is 1. The number of likely N-dealkylation sites (tertiary alicyclic amines) is 1. The fourth-order valence-electron chi connectivity index (χ4n) is 2.63. The summed E-state index contributed by atoms with van der Waals surface area (Å²) < 4.78 is 5.04. The van der Waals surface area contributed by atoms with Crippen LogP contribution in [0.15, 0.2) is 12.1 Å². The second-order valence-electron chi connectivity index (χ2n) is 4.96. The van der Waals surface area contributed by atoms with E-state index < -0.39 is 11.9 Å². The third-order valence-electron chi connectivity index (χ3n) is 3.61. The topological polar surface area (TPSA) is 66.8 Å². The second kappa shape index (κ2) is 6.37. The fraction of sp³-hybridized carbons (Fsp3) is 0.571. The number of amides is 1. The Morgan fingerprint density at radius 2 is 2.30 bits per heavy atom. The molecule has 2 unspecified atom stereocenters. The molecule has 1 aromatic rings. The molecule has 1 amide bonds. The first-order chi connectivity index (χ1) is 9.54. The van der Waals surface area contributed by atoms with Crippen LogP contribution in [-0.4, -0.2) is 42.1 Å². The Bertz CT molecular complexity index is 499. The van der Waals surface area contributed by atoms with E-state index in [4.69, 9.17) is 4.74 Å². The van der Waals surface area contributed by atoms with E-state index in [2.05, 4.69) is 0 Å². The molecule has 1 saturated heterocycles. The monoisotopic (exact) mass is 297 g/mol. The minimum Gasteiger partial charge on any atom is -0.481 e. The summed E-state index contributed by atoms with van der Waals surface area (Å²) in [6.45, 7) is 2.83. The lowest BCUT2D eigenvalue weighted by atomic mass is 9.87. The highest BCUT2D eigenvalue weighted by Gasteiger charge is 2.41. The lowest BCUT2D eigenvalue weighted by molar-refractivity contribution is -0.152. The summed E-state index contributed by atoms with van der Waals surface area (Å²) in [5.74, 6) is -1.37. The quantitative estimate of drug-likeness (QED) is 0.903. The number of methoxy groups -OCH3 is 1. The van der Waals surface area contributed by atoms with Gasteiger partial charge in [-0.05, 0) is 25.5 Å². The summed E-state index contributed by atoms with van der Waals surface area (Å²) in [6.07, 6.45) is 0.695. The standard InChI is InChI=1S/C14H19NO4S/c1-9-3-5-11(20-9)13-10(14(17)18)4-6-12(16)15(13)7-8-19-2/h3,5,10,13H,4,6-8H2,1-2H3,(H,17,18). The second-order valence-corrected chi connectivity index (χ2v) is 6.28. The van der Waals surface area contributed by atoms with Crippen molar-refractivity contribution in [1.82, 2.24) is 4.90 Å². The number of aliphatic carboxylic acids is 1. The number of rotatable bonds is 5. The zero-order chi connectivity index (χ0) is 14.7. The van der Waals surface area contributed by atoms with Gasteiger partial charge in [0.2, 0.25) is 5.91 Å². The van der Waals surface area contributed by atoms with Crippen LogP contribution in [0.2, 0.25) is 0 Å². The largest absolute Gasteiger partial charge is 0.481 e. The number of aryl methyl sites for hydroxylation is 1. The Balaban J connectivity index is 2.33. The molecule has 6 heteroatoms. The molecule has 2 rings (SSSR count). The maximum absolute atomic E-state index is 12.1. The van der Waals surface area contributed by atoms with Crippen molar-refractivity contribution in [2.75, 3.05) is 20.3 Å². The Labute approximate surface area is 122 Å². The van der Waals surface area contributed by atoms with E-state index in [1.54, 1.807) is 23.3 Å². The van der Waals surface area contributed by atoms with E-state index in [0.29, 0.717) is 26.0 Å². The Kier molecular flexibility index (Phi) is 4.77. The first-order valence-electron chi connectivity index (χ1n) is 6.62. The number of hydrogen-bond acceptors (Lipinski definition) is 4. The lowest BCUT2D eigenvalue weighted by Gasteiger charge is -2.38. The molecular formula is C14H19NO4S. The van der Waals surface area contributed by atoms with Gasteiger partial charge in [0.25, 0.3) is 0 Å². The van der Waals surface area contributed by atoms with Crippen molar-refractivity contribution in [3.05, 3.63) is 21.9 Å². The highest BCUT2D eigenvalue weighted by molar-refractivity contribution is 7.12. The van der Waals surface area contributed by atoms with Crippen LogP contribution in [0, 0.1) is 12.8 Å². The number of nitrogens with zero attached hydrogens (tertiary/aromatic N) is 1. The van der Waals surface area contributed by atoms with Crippen LogP contribution in [0.3, 0.4) is 0 Å². The predicted octanol–water partition coefficient (Wildman–Crippen LogP) is 2.07. The van der Waals surface area contributed by atoms with Crippen LogP contribution in [0.4, 0.5) is 0 Å². The number of carboxylic acid groups (broad SMARTS) is 1. The van der Waals surface area contributed by atoms with E-state index >= 15 is 0 Å². The maximum atomic E-state index is 12.1. The molecule has 1 aliphatic rings. The lowest BCUT2D eigenvalue weighted by Crippen LogP contribution is -2.46. The molecule has 0 spiro atoms. The first kappa shape index (κ1) is 15.0. The summed E-state index contributed by atoms with van der Waals surface area (Å²) in [6, 6.07) is 3.52. The average Bonchev–Trinajstić information content (AvgIpc) is 2.83. The average molecular weight is 297 g/mol. The number of carbonyl (C=O) groups is 2. The van der Waals surface area contributed by atoms with Gasteiger partial charge in [0.1, 0.15) is 0 Å². The molecule has 1 aliphatic heterocycles. The molecule has 0 radical (unpaired) electrons. The fourth-order valence-corrected chi connectivity index (χ4v) is 3.69. The summed E-state index contributed by atoms with van der Waals surface area (Å²) in [5.41, 5.74) is 0. The molecule has 0 saturated carbocycles. The number of piperidine rings is 1. The molecule has 20 heavy (non-hydrogen) atoms. The van der Waals surface area contributed by atoms with Crippen LogP contribution in [-0.2, 0) is 14.3 Å². The van der Waals surface area contributed by atoms with Gasteiger partial charge in [-0.1, -0.05) is 0 Å². The number of hydrogen-bond donors (Lipinski definition) is 1. The molecule has 1 aromatic heterocycles. The maximum Gasteiger partial charge on any atom is 0.308 e. The van der Waals surface area contributed by atoms with E-state index in [1.165, 1.54) is 0 Å². The van der Waals surface area contributed by atoms with Gasteiger partial charge in [-0.25, -0.2) is 0 Å². The highest BCUT2D eigenvalue weighted by atomic mass is 32.1. The number of thiophene rings is 1. The summed E-state index contributed by atoms with van der Waals surface area (Å²) >= 11 is 1.56. The van der Waals surface area contributed by atoms with Gasteiger partial charge in [-0.15, -0.1) is 11.3 Å². The van der Waals surface area contributed by atoms with Crippen molar-refractivity contribution in [3.8, 4) is 0 Å². The van der Waals surface area contributed by atoms with Crippen LogP contribution >= 0.6 is 11.3 Å². The number of carboxylic acids is 1. The smallest absolute Gasteiger partial charge is 0.308 e. The zero-order valence-electron chi connectivity index (χ0n) is 11.7. The van der Waals surface area contributed by atoms with Crippen molar-refractivity contribution >= 4 is 23.2 Å². The van der Waals surface area contributed by atoms with Crippen molar-refractivity contribution < 1.29 is 19.4 Å². The Hall–Kier alpha value is -1.40. The number of ether oxygens (including phenoxy) is 1. The van der Waals surface area contributed by atoms with E-state index in [9.17, 15) is 14.7 Å². The van der Waals surface area contributed by atoms with Crippen LogP contribution in [0.25, 0.3) is 0 Å². The molecule has 0 aliphatic carbocycles. The van der Waals surface area contributed by atoms with E-state index in [-0.39, 0.29) is 11.9 Å². The normalized spacial score (nSPS) is 23.1. The summed E-state index contributed by atoms with van der Waals surface area (Å²) in [5, 5.41) is 9.44. The van der Waals surface area contributed by atoms with Gasteiger partial charge in [0.05, 0.1) is 18.6 Å². The molecule has 5 nitrogen and oxygen atoms in total. The van der Waals surface area contributed by atoms with Gasteiger partial charge < -0.3 is 14.7 Å². The summed E-state index contributed by atoms with van der Waals surface area (Å²) in [4.78, 5) is 27.4. The Morgan fingerprint density at radius 1 is 1.55 bits per heavy atom. The van der Waals surface area contributed by atoms with Crippen molar-refractivity contribution in [1.29, 1.82) is 0 Å². The van der Waals surface area contributed by atoms with Gasteiger partial charge in [0.15, 0.2) is 0 Å². The van der Waals surface area contributed by atoms with E-state index in [0.717, 1.165) is 9.75 Å². The minimum atomic E-state index is -0.837. The molecule has 2 heterocycles. The molecule has 1 fully saturated rings. The van der Waals surface area contributed by atoms with Crippen LogP contribution in [0.1, 0.15) is 28.6 Å². The van der Waals surface area contributed by atoms with Gasteiger partial charge >= 0.3 is 5.97 Å². The van der Waals surface area contributed by atoms with Gasteiger partial charge in [-0.2, -0.15) is 0 Å². The van der Waals surface area contributed by atoms with Crippen LogP contribution in [0.5, 0.6) is 0 Å². The predicted molar refractivity (Wildman–Crippen MR) is 75.7 cm³/mol. The Morgan fingerprint density at radius 3 is 2.85 bits per heavy atom. The first-order valence-corrected chi connectivity index (χ1v) is 7.43. The van der Waals surface area contributed by atoms with E-state index in [1.807, 2.05) is 19.1 Å². The third kappa shape index (κ3) is 3.02. The molecular weight excluding hydrogens is 278 g/mol. The molecule has 2 atom stereocenters. The van der Waals surface area contributed by atoms with Crippen molar-refractivity contribution in [2.45, 2.75) is 25.8 Å². The highest BCUT2D eigenvalue weighted by Crippen LogP contribution is 2.39. The van der Waals surface area contributed by atoms with Crippen LogP contribution < -0.4 is 0 Å². The third-order valence-corrected chi connectivity index (χ3v) is 4.68. The molecule has 0 bridgehead atoms. The molecule has 1 N–H and O–H groups in total. The molecule has 0 aromatic carbocycles. The van der Waals surface area contributed by atoms with Gasteiger partial charge in [-0.3, -0.25) is 9.59 Å². The molecule has 110 valence electrons.